The second-order valence-electron chi connectivity index (χ2n) is 6.45. The summed E-state index contributed by atoms with van der Waals surface area (Å²) < 4.78 is 27.5. The Hall–Kier alpha value is -2.62. The molecule has 28 heavy (non-hydrogen) atoms. The molecular formula is C19H20N4O3S2. The summed E-state index contributed by atoms with van der Waals surface area (Å²) in [5.74, 6) is -0.374. The van der Waals surface area contributed by atoms with Gasteiger partial charge in [-0.1, -0.05) is 58.9 Å². The molecular weight excluding hydrogens is 396 g/mol. The van der Waals surface area contributed by atoms with Gasteiger partial charge in [0, 0.05) is 11.6 Å². The minimum absolute atomic E-state index is 0.119. The summed E-state index contributed by atoms with van der Waals surface area (Å²) in [6, 6.07) is 14.2. The Bertz CT molecular complexity index is 1080. The van der Waals surface area contributed by atoms with Crippen molar-refractivity contribution in [2.45, 2.75) is 31.2 Å². The number of benzene rings is 2. The van der Waals surface area contributed by atoms with Crippen LogP contribution < -0.4 is 10.0 Å². The van der Waals surface area contributed by atoms with Crippen LogP contribution in [0, 0.1) is 13.8 Å². The van der Waals surface area contributed by atoms with E-state index in [2.05, 4.69) is 20.2 Å². The number of anilines is 1. The van der Waals surface area contributed by atoms with Crippen LogP contribution in [0.25, 0.3) is 0 Å². The minimum Gasteiger partial charge on any atom is -0.296 e. The molecule has 0 saturated carbocycles. The average molecular weight is 417 g/mol. The Kier molecular flexibility index (Phi) is 5.87. The van der Waals surface area contributed by atoms with E-state index in [1.807, 2.05) is 50.2 Å². The lowest BCUT2D eigenvalue weighted by Crippen LogP contribution is -2.26. The number of sulfonamides is 1. The molecule has 7 nitrogen and oxygen atoms in total. The molecule has 0 bridgehead atoms. The lowest BCUT2D eigenvalue weighted by molar-refractivity contribution is 0.102. The fourth-order valence-electron chi connectivity index (χ4n) is 2.45. The van der Waals surface area contributed by atoms with Crippen molar-refractivity contribution in [2.24, 2.45) is 0 Å². The quantitative estimate of drug-likeness (QED) is 0.600. The third-order valence-corrected chi connectivity index (χ3v) is 6.83. The molecule has 3 aromatic rings. The Morgan fingerprint density at radius 1 is 0.964 bits per heavy atom. The molecule has 1 aromatic heterocycles. The fourth-order valence-corrected chi connectivity index (χ4v) is 4.59. The Balaban J connectivity index is 1.70. The smallest absolute Gasteiger partial charge is 0.270 e. The lowest BCUT2D eigenvalue weighted by atomic mass is 10.1. The molecule has 146 valence electrons. The van der Waals surface area contributed by atoms with Gasteiger partial charge in [-0.25, -0.2) is 13.1 Å². The fraction of sp³-hybridized carbons (Fsp3) is 0.211. The number of nitrogens with one attached hydrogen (secondary N) is 2. The van der Waals surface area contributed by atoms with E-state index in [0.717, 1.165) is 28.0 Å². The molecule has 1 unspecified atom stereocenters. The molecule has 0 fully saturated rings. The molecule has 1 amide bonds. The molecule has 0 radical (unpaired) electrons. The number of nitrogens with zero attached hydrogens (tertiary/aromatic N) is 2. The van der Waals surface area contributed by atoms with E-state index in [9.17, 15) is 13.2 Å². The summed E-state index contributed by atoms with van der Waals surface area (Å²) in [5.41, 5.74) is 3.43. The SMILES string of the molecule is Cc1ccc(C(=O)Nc2nnc(S(=O)(=O)NC(C)c3ccc(C)cc3)s2)cc1. The van der Waals surface area contributed by atoms with Gasteiger partial charge in [0.05, 0.1) is 0 Å². The molecule has 0 aliphatic carbocycles. The second-order valence-corrected chi connectivity index (χ2v) is 9.31. The third-order valence-electron chi connectivity index (χ3n) is 4.08. The molecule has 2 N–H and O–H groups in total. The van der Waals surface area contributed by atoms with Gasteiger partial charge in [0.1, 0.15) is 0 Å². The summed E-state index contributed by atoms with van der Waals surface area (Å²) >= 11 is 0.801. The van der Waals surface area contributed by atoms with E-state index in [1.165, 1.54) is 0 Å². The standard InChI is InChI=1S/C19H20N4O3S2/c1-12-4-8-15(9-5-12)14(3)23-28(25,26)19-22-21-18(27-19)20-17(24)16-10-6-13(2)7-11-16/h4-11,14,23H,1-3H3,(H,20,21,24). The van der Waals surface area contributed by atoms with Crippen molar-refractivity contribution in [3.8, 4) is 0 Å². The normalized spacial score (nSPS) is 12.5. The number of rotatable bonds is 6. The number of carbonyl (C=O) groups is 1. The Morgan fingerprint density at radius 2 is 1.54 bits per heavy atom. The molecule has 0 spiro atoms. The van der Waals surface area contributed by atoms with Crippen LogP contribution in [0.3, 0.4) is 0 Å². The first-order chi connectivity index (χ1) is 13.2. The van der Waals surface area contributed by atoms with Crippen molar-refractivity contribution >= 4 is 32.4 Å². The highest BCUT2D eigenvalue weighted by atomic mass is 32.2. The van der Waals surface area contributed by atoms with E-state index in [1.54, 1.807) is 19.1 Å². The van der Waals surface area contributed by atoms with Crippen LogP contribution in [-0.2, 0) is 10.0 Å². The van der Waals surface area contributed by atoms with Gasteiger partial charge >= 0.3 is 0 Å². The van der Waals surface area contributed by atoms with E-state index < -0.39 is 16.1 Å². The second kappa shape index (κ2) is 8.17. The highest BCUT2D eigenvalue weighted by molar-refractivity contribution is 7.91. The van der Waals surface area contributed by atoms with Crippen molar-refractivity contribution in [2.75, 3.05) is 5.32 Å². The maximum absolute atomic E-state index is 12.6. The molecule has 0 aliphatic rings. The third kappa shape index (κ3) is 4.80. The predicted molar refractivity (Wildman–Crippen MR) is 109 cm³/mol. The van der Waals surface area contributed by atoms with Gasteiger partial charge in [0.15, 0.2) is 0 Å². The summed E-state index contributed by atoms with van der Waals surface area (Å²) in [7, 11) is -3.86. The number of hydrogen-bond donors (Lipinski definition) is 2. The Morgan fingerprint density at radius 3 is 2.14 bits per heavy atom. The lowest BCUT2D eigenvalue weighted by Gasteiger charge is -2.13. The van der Waals surface area contributed by atoms with E-state index in [-0.39, 0.29) is 15.4 Å². The van der Waals surface area contributed by atoms with Gasteiger partial charge < -0.3 is 0 Å². The summed E-state index contributed by atoms with van der Waals surface area (Å²) in [4.78, 5) is 12.2. The average Bonchev–Trinajstić information content (AvgIpc) is 3.12. The zero-order valence-corrected chi connectivity index (χ0v) is 17.3. The molecule has 3 rings (SSSR count). The van der Waals surface area contributed by atoms with E-state index in [0.29, 0.717) is 5.56 Å². The molecule has 9 heteroatoms. The Labute approximate surface area is 167 Å². The topological polar surface area (TPSA) is 101 Å². The van der Waals surface area contributed by atoms with E-state index >= 15 is 0 Å². The summed E-state index contributed by atoms with van der Waals surface area (Å²) in [6.45, 7) is 5.64. The van der Waals surface area contributed by atoms with Crippen LogP contribution in [0.5, 0.6) is 0 Å². The van der Waals surface area contributed by atoms with Crippen LogP contribution in [0.4, 0.5) is 5.13 Å². The van der Waals surface area contributed by atoms with Gasteiger partial charge in [-0.15, -0.1) is 10.2 Å². The molecule has 0 aliphatic heterocycles. The number of carbonyl (C=O) groups excluding carboxylic acids is 1. The van der Waals surface area contributed by atoms with Crippen molar-refractivity contribution in [1.82, 2.24) is 14.9 Å². The maximum atomic E-state index is 12.6. The van der Waals surface area contributed by atoms with Crippen molar-refractivity contribution < 1.29 is 13.2 Å². The van der Waals surface area contributed by atoms with Gasteiger partial charge in [-0.3, -0.25) is 10.1 Å². The van der Waals surface area contributed by atoms with Crippen LogP contribution in [0.1, 0.15) is 40.0 Å². The first kappa shape index (κ1) is 20.1. The number of amides is 1. The van der Waals surface area contributed by atoms with Crippen LogP contribution in [-0.4, -0.2) is 24.5 Å². The van der Waals surface area contributed by atoms with Crippen LogP contribution >= 0.6 is 11.3 Å². The van der Waals surface area contributed by atoms with Crippen molar-refractivity contribution in [3.63, 3.8) is 0 Å². The highest BCUT2D eigenvalue weighted by Gasteiger charge is 2.23. The first-order valence-corrected chi connectivity index (χ1v) is 10.8. The van der Waals surface area contributed by atoms with Gasteiger partial charge in [-0.2, -0.15) is 0 Å². The van der Waals surface area contributed by atoms with Crippen LogP contribution in [0.2, 0.25) is 0 Å². The largest absolute Gasteiger partial charge is 0.296 e. The molecule has 1 atom stereocenters. The van der Waals surface area contributed by atoms with Gasteiger partial charge in [-0.05, 0) is 38.5 Å². The first-order valence-electron chi connectivity index (χ1n) is 8.55. The molecule has 1 heterocycles. The molecule has 0 saturated heterocycles. The maximum Gasteiger partial charge on any atom is 0.270 e. The van der Waals surface area contributed by atoms with E-state index in [4.69, 9.17) is 0 Å². The van der Waals surface area contributed by atoms with Gasteiger partial charge in [0.25, 0.3) is 15.9 Å². The van der Waals surface area contributed by atoms with Crippen LogP contribution in [0.15, 0.2) is 52.9 Å². The minimum atomic E-state index is -3.86. The van der Waals surface area contributed by atoms with Crippen molar-refractivity contribution in [3.05, 3.63) is 70.8 Å². The summed E-state index contributed by atoms with van der Waals surface area (Å²) in [5, 5.41) is 10.2. The van der Waals surface area contributed by atoms with Gasteiger partial charge in [0.2, 0.25) is 9.47 Å². The monoisotopic (exact) mass is 416 g/mol. The zero-order valence-electron chi connectivity index (χ0n) is 15.6. The summed E-state index contributed by atoms with van der Waals surface area (Å²) in [6.07, 6.45) is 0. The zero-order chi connectivity index (χ0) is 20.3. The predicted octanol–water partition coefficient (Wildman–Crippen LogP) is 3.45. The van der Waals surface area contributed by atoms with Crippen molar-refractivity contribution in [1.29, 1.82) is 0 Å². The number of hydrogen-bond acceptors (Lipinski definition) is 6. The number of aromatic nitrogens is 2. The number of aryl methyl sites for hydroxylation is 2. The molecule has 2 aromatic carbocycles. The highest BCUT2D eigenvalue weighted by Crippen LogP contribution is 2.23.